The van der Waals surface area contributed by atoms with Crippen molar-refractivity contribution < 1.29 is 28.7 Å². The van der Waals surface area contributed by atoms with Crippen LogP contribution < -0.4 is 10.6 Å². The van der Waals surface area contributed by atoms with E-state index in [1.54, 1.807) is 24.3 Å². The van der Waals surface area contributed by atoms with Gasteiger partial charge in [-0.25, -0.2) is 4.79 Å². The van der Waals surface area contributed by atoms with Crippen LogP contribution in [0.2, 0.25) is 5.02 Å². The summed E-state index contributed by atoms with van der Waals surface area (Å²) in [5.41, 5.74) is 4.42. The number of benzene rings is 2. The summed E-state index contributed by atoms with van der Waals surface area (Å²) in [4.78, 5) is 53.1. The number of carbonyl (C=O) groups is 4. The minimum atomic E-state index is -0.676. The minimum absolute atomic E-state index is 0.0402. The summed E-state index contributed by atoms with van der Waals surface area (Å²) < 4.78 is 11.1. The fourth-order valence-corrected chi connectivity index (χ4v) is 5.46. The first-order valence-corrected chi connectivity index (χ1v) is 13.3. The van der Waals surface area contributed by atoms with E-state index < -0.39 is 18.0 Å². The third-order valence-electron chi connectivity index (χ3n) is 7.64. The molecular weight excluding hydrogens is 524 g/mol. The Morgan fingerprint density at radius 2 is 2.05 bits per heavy atom. The molecule has 0 spiro atoms. The quantitative estimate of drug-likeness (QED) is 0.527. The molecule has 5 rings (SSSR count). The number of anilines is 1. The molecule has 11 heteroatoms. The summed E-state index contributed by atoms with van der Waals surface area (Å²) in [5, 5.41) is 5.60. The van der Waals surface area contributed by atoms with E-state index in [2.05, 4.69) is 22.6 Å². The van der Waals surface area contributed by atoms with Crippen molar-refractivity contribution in [3.05, 3.63) is 63.2 Å². The molecule has 2 fully saturated rings. The summed E-state index contributed by atoms with van der Waals surface area (Å²) in [6.07, 6.45) is 0.600. The first kappa shape index (κ1) is 27.1. The lowest BCUT2D eigenvalue weighted by molar-refractivity contribution is -0.136. The zero-order valence-electron chi connectivity index (χ0n) is 21.9. The van der Waals surface area contributed by atoms with Gasteiger partial charge in [-0.15, -0.1) is 0 Å². The number of morpholine rings is 1. The number of nitrogens with zero attached hydrogens (tertiary/aromatic N) is 2. The molecule has 3 aliphatic heterocycles. The molecule has 0 bridgehead atoms. The SMILES string of the molecule is Cc1c(Cl)cc(NC(=O)OCc2ccc3c(c2)C(=O)N(C2CCC(=O)NC2=O)C3)cc1CC1COCCN1C. The highest BCUT2D eigenvalue weighted by Gasteiger charge is 2.39. The van der Waals surface area contributed by atoms with Gasteiger partial charge in [0.15, 0.2) is 0 Å². The number of fused-ring (bicyclic) bond motifs is 1. The predicted octanol–water partition coefficient (Wildman–Crippen LogP) is 3.03. The topological polar surface area (TPSA) is 117 Å². The third-order valence-corrected chi connectivity index (χ3v) is 8.03. The van der Waals surface area contributed by atoms with Crippen molar-refractivity contribution in [2.75, 3.05) is 32.1 Å². The second-order valence-corrected chi connectivity index (χ2v) is 10.7. The second-order valence-electron chi connectivity index (χ2n) is 10.2. The number of hydrogen-bond donors (Lipinski definition) is 2. The smallest absolute Gasteiger partial charge is 0.411 e. The molecule has 10 nitrogen and oxygen atoms in total. The number of piperidine rings is 1. The molecule has 39 heavy (non-hydrogen) atoms. The van der Waals surface area contributed by atoms with Gasteiger partial charge < -0.3 is 14.4 Å². The van der Waals surface area contributed by atoms with Gasteiger partial charge in [0.25, 0.3) is 5.91 Å². The van der Waals surface area contributed by atoms with E-state index in [1.807, 2.05) is 13.0 Å². The Morgan fingerprint density at radius 3 is 2.82 bits per heavy atom. The van der Waals surface area contributed by atoms with E-state index in [-0.39, 0.29) is 30.9 Å². The van der Waals surface area contributed by atoms with E-state index >= 15 is 0 Å². The lowest BCUT2D eigenvalue weighted by Crippen LogP contribution is -2.52. The summed E-state index contributed by atoms with van der Waals surface area (Å²) in [6, 6.07) is 8.42. The van der Waals surface area contributed by atoms with Crippen LogP contribution in [0.25, 0.3) is 0 Å². The Kier molecular flexibility index (Phi) is 7.88. The van der Waals surface area contributed by atoms with Gasteiger partial charge in [-0.1, -0.05) is 23.7 Å². The van der Waals surface area contributed by atoms with Crippen LogP contribution >= 0.6 is 11.6 Å². The van der Waals surface area contributed by atoms with E-state index in [4.69, 9.17) is 21.1 Å². The van der Waals surface area contributed by atoms with Crippen molar-refractivity contribution in [2.24, 2.45) is 0 Å². The summed E-state index contributed by atoms with van der Waals surface area (Å²) in [7, 11) is 2.07. The summed E-state index contributed by atoms with van der Waals surface area (Å²) in [6.45, 7) is 4.44. The molecule has 2 aromatic rings. The maximum absolute atomic E-state index is 13.0. The molecule has 0 aliphatic carbocycles. The van der Waals surface area contributed by atoms with E-state index in [0.717, 1.165) is 36.3 Å². The van der Waals surface area contributed by atoms with Gasteiger partial charge in [-0.05, 0) is 67.3 Å². The molecule has 2 saturated heterocycles. The normalized spacial score (nSPS) is 21.5. The number of amides is 4. The molecule has 3 heterocycles. The van der Waals surface area contributed by atoms with Crippen molar-refractivity contribution in [2.45, 2.75) is 51.4 Å². The maximum Gasteiger partial charge on any atom is 0.411 e. The van der Waals surface area contributed by atoms with Gasteiger partial charge in [-0.3, -0.25) is 29.9 Å². The average Bonchev–Trinajstić information content (AvgIpc) is 3.22. The Bertz CT molecular complexity index is 1330. The molecule has 2 N–H and O–H groups in total. The van der Waals surface area contributed by atoms with Gasteiger partial charge in [0.1, 0.15) is 12.6 Å². The van der Waals surface area contributed by atoms with Crippen LogP contribution in [0, 0.1) is 6.92 Å². The highest BCUT2D eigenvalue weighted by atomic mass is 35.5. The van der Waals surface area contributed by atoms with E-state index in [9.17, 15) is 19.2 Å². The monoisotopic (exact) mass is 554 g/mol. The highest BCUT2D eigenvalue weighted by Crippen LogP contribution is 2.29. The lowest BCUT2D eigenvalue weighted by atomic mass is 9.99. The molecular formula is C28H31ClN4O6. The molecule has 0 aromatic heterocycles. The van der Waals surface area contributed by atoms with Crippen LogP contribution in [0.1, 0.15) is 45.5 Å². The number of rotatable bonds is 6. The van der Waals surface area contributed by atoms with Gasteiger partial charge in [0.05, 0.1) is 13.2 Å². The number of ether oxygens (including phenoxy) is 2. The van der Waals surface area contributed by atoms with Gasteiger partial charge in [0.2, 0.25) is 11.8 Å². The number of nitrogens with one attached hydrogen (secondary N) is 2. The van der Waals surface area contributed by atoms with Crippen molar-refractivity contribution in [1.82, 2.24) is 15.1 Å². The Balaban J connectivity index is 1.20. The second kappa shape index (κ2) is 11.3. The first-order valence-electron chi connectivity index (χ1n) is 13.0. The Labute approximate surface area is 231 Å². The fourth-order valence-electron chi connectivity index (χ4n) is 5.22. The van der Waals surface area contributed by atoms with Gasteiger partial charge in [0, 0.05) is 41.8 Å². The van der Waals surface area contributed by atoms with Gasteiger partial charge in [-0.2, -0.15) is 0 Å². The predicted molar refractivity (Wildman–Crippen MR) is 143 cm³/mol. The molecule has 4 amide bonds. The average molecular weight is 555 g/mol. The van der Waals surface area contributed by atoms with Crippen LogP contribution in [-0.4, -0.2) is 72.5 Å². The van der Waals surface area contributed by atoms with Crippen LogP contribution in [0.5, 0.6) is 0 Å². The fraction of sp³-hybridized carbons (Fsp3) is 0.429. The summed E-state index contributed by atoms with van der Waals surface area (Å²) >= 11 is 6.47. The number of likely N-dealkylation sites (N-methyl/N-ethyl adjacent to an activating group) is 1. The molecule has 3 aliphatic rings. The van der Waals surface area contributed by atoms with Gasteiger partial charge >= 0.3 is 6.09 Å². The number of carbonyl (C=O) groups excluding carboxylic acids is 4. The molecule has 0 saturated carbocycles. The third kappa shape index (κ3) is 5.93. The van der Waals surface area contributed by atoms with E-state index in [1.165, 1.54) is 4.90 Å². The van der Waals surface area contributed by atoms with Crippen LogP contribution in [0.3, 0.4) is 0 Å². The molecule has 2 aromatic carbocycles. The Hall–Kier alpha value is -3.47. The number of imide groups is 1. The van der Waals surface area contributed by atoms with Crippen molar-refractivity contribution >= 4 is 41.1 Å². The first-order chi connectivity index (χ1) is 18.7. The minimum Gasteiger partial charge on any atom is -0.444 e. The van der Waals surface area contributed by atoms with Crippen molar-refractivity contribution in [3.8, 4) is 0 Å². The highest BCUT2D eigenvalue weighted by molar-refractivity contribution is 6.31. The largest absolute Gasteiger partial charge is 0.444 e. The lowest BCUT2D eigenvalue weighted by Gasteiger charge is -2.33. The maximum atomic E-state index is 13.0. The molecule has 2 unspecified atom stereocenters. The van der Waals surface area contributed by atoms with Crippen molar-refractivity contribution in [1.29, 1.82) is 0 Å². The van der Waals surface area contributed by atoms with Crippen LogP contribution in [0.15, 0.2) is 30.3 Å². The molecule has 206 valence electrons. The zero-order chi connectivity index (χ0) is 27.7. The van der Waals surface area contributed by atoms with Crippen molar-refractivity contribution in [3.63, 3.8) is 0 Å². The van der Waals surface area contributed by atoms with E-state index in [0.29, 0.717) is 41.4 Å². The zero-order valence-corrected chi connectivity index (χ0v) is 22.7. The van der Waals surface area contributed by atoms with Crippen LogP contribution in [-0.2, 0) is 38.6 Å². The summed E-state index contributed by atoms with van der Waals surface area (Å²) in [5.74, 6) is -1.05. The number of hydrogen-bond acceptors (Lipinski definition) is 7. The van der Waals surface area contributed by atoms with Crippen LogP contribution in [0.4, 0.5) is 10.5 Å². The molecule has 0 radical (unpaired) electrons. The Morgan fingerprint density at radius 1 is 1.23 bits per heavy atom. The number of halogens is 1. The molecule has 2 atom stereocenters. The standard InChI is InChI=1S/C28H31ClN4O6/c1-16-19(11-21-15-38-8-7-32(21)2)10-20(12-23(16)29)30-28(37)39-14-17-3-4-18-13-33(27(36)22(18)9-17)24-5-6-25(34)31-26(24)35/h3-4,9-10,12,21,24H,5-8,11,13-15H2,1-2H3,(H,30,37)(H,31,34,35).